The van der Waals surface area contributed by atoms with Gasteiger partial charge in [-0.3, -0.25) is 4.79 Å². The van der Waals surface area contributed by atoms with E-state index in [1.165, 1.54) is 11.8 Å². The Morgan fingerprint density at radius 2 is 1.90 bits per heavy atom. The number of hydrogen-bond donors (Lipinski definition) is 3. The van der Waals surface area contributed by atoms with E-state index in [2.05, 4.69) is 10.6 Å². The number of carboxylic acid groups (broad SMARTS) is 1. The maximum atomic E-state index is 11.5. The van der Waals surface area contributed by atoms with E-state index in [4.69, 9.17) is 9.84 Å². The smallest absolute Gasteiger partial charge is 0.408 e. The summed E-state index contributed by atoms with van der Waals surface area (Å²) in [6.07, 6.45) is -0.540. The van der Waals surface area contributed by atoms with Gasteiger partial charge in [0, 0.05) is 6.54 Å². The maximum Gasteiger partial charge on any atom is 0.408 e. The third-order valence-electron chi connectivity index (χ3n) is 2.15. The number of aliphatic carboxylic acids is 1. The summed E-state index contributed by atoms with van der Waals surface area (Å²) in [7, 11) is 0. The maximum absolute atomic E-state index is 11.5. The molecule has 0 aliphatic rings. The van der Waals surface area contributed by atoms with Gasteiger partial charge in [0.15, 0.2) is 0 Å². The van der Waals surface area contributed by atoms with Crippen molar-refractivity contribution >= 4 is 29.7 Å². The molecule has 0 heterocycles. The Bertz CT molecular complexity index is 368. The van der Waals surface area contributed by atoms with Crippen LogP contribution in [0.15, 0.2) is 0 Å². The molecule has 3 N–H and O–H groups in total. The molecular weight excluding hydrogens is 296 g/mol. The second kappa shape index (κ2) is 9.49. The van der Waals surface area contributed by atoms with Crippen LogP contribution in [0.4, 0.5) is 4.79 Å². The summed E-state index contributed by atoms with van der Waals surface area (Å²) >= 11 is 1.32. The van der Waals surface area contributed by atoms with Gasteiger partial charge in [-0.15, -0.1) is 0 Å². The van der Waals surface area contributed by atoms with Crippen LogP contribution in [0, 0.1) is 0 Å². The van der Waals surface area contributed by atoms with Gasteiger partial charge in [-0.1, -0.05) is 0 Å². The summed E-state index contributed by atoms with van der Waals surface area (Å²) in [5, 5.41) is 14.0. The van der Waals surface area contributed by atoms with Crippen molar-refractivity contribution in [3.05, 3.63) is 0 Å². The van der Waals surface area contributed by atoms with Crippen molar-refractivity contribution in [3.8, 4) is 0 Å². The monoisotopic (exact) mass is 320 g/mol. The summed E-state index contributed by atoms with van der Waals surface area (Å²) in [5.41, 5.74) is -0.680. The minimum absolute atomic E-state index is 0.0884. The molecule has 0 spiro atoms. The van der Waals surface area contributed by atoms with Gasteiger partial charge >= 0.3 is 12.1 Å². The molecule has 0 bridgehead atoms. The molecule has 0 aromatic rings. The van der Waals surface area contributed by atoms with E-state index in [1.807, 2.05) is 6.92 Å². The lowest BCUT2D eigenvalue weighted by Gasteiger charge is -2.21. The van der Waals surface area contributed by atoms with Gasteiger partial charge < -0.3 is 20.5 Å². The first-order valence-corrected chi connectivity index (χ1v) is 7.88. The molecule has 8 heteroatoms. The van der Waals surface area contributed by atoms with Gasteiger partial charge in [-0.05, 0) is 39.9 Å². The van der Waals surface area contributed by atoms with E-state index in [9.17, 15) is 14.4 Å². The third-order valence-corrected chi connectivity index (χ3v) is 3.14. The number of thioether (sulfide) groups is 1. The first kappa shape index (κ1) is 19.6. The Morgan fingerprint density at radius 3 is 2.38 bits per heavy atom. The summed E-state index contributed by atoms with van der Waals surface area (Å²) < 4.78 is 5.01. The predicted octanol–water partition coefficient (Wildman–Crippen LogP) is 1.22. The normalized spacial score (nSPS) is 12.4. The van der Waals surface area contributed by atoms with E-state index in [0.717, 1.165) is 0 Å². The molecule has 0 fully saturated rings. The van der Waals surface area contributed by atoms with Crippen molar-refractivity contribution in [3.63, 3.8) is 0 Å². The minimum Gasteiger partial charge on any atom is -0.480 e. The second-order valence-corrected chi connectivity index (χ2v) is 6.44. The molecule has 0 saturated carbocycles. The highest BCUT2D eigenvalue weighted by Crippen LogP contribution is 2.09. The van der Waals surface area contributed by atoms with Crippen molar-refractivity contribution in [2.45, 2.75) is 45.8 Å². The number of carboxylic acids is 1. The molecule has 122 valence electrons. The van der Waals surface area contributed by atoms with E-state index in [-0.39, 0.29) is 18.1 Å². The number of carbonyl (C=O) groups excluding carboxylic acids is 2. The molecule has 2 amide bonds. The van der Waals surface area contributed by atoms with Crippen molar-refractivity contribution in [1.82, 2.24) is 10.6 Å². The van der Waals surface area contributed by atoms with Crippen molar-refractivity contribution in [2.75, 3.05) is 18.1 Å². The largest absolute Gasteiger partial charge is 0.480 e. The van der Waals surface area contributed by atoms with Gasteiger partial charge in [0.05, 0.1) is 5.75 Å². The third kappa shape index (κ3) is 10.9. The Balaban J connectivity index is 4.12. The zero-order chi connectivity index (χ0) is 16.5. The number of amides is 2. The summed E-state index contributed by atoms with van der Waals surface area (Å²) in [4.78, 5) is 33.8. The first-order valence-electron chi connectivity index (χ1n) is 6.72. The molecular formula is C13H24N2O5S. The number of carbonyl (C=O) groups is 3. The molecule has 0 saturated heterocycles. The number of hydrogen-bond acceptors (Lipinski definition) is 5. The highest BCUT2D eigenvalue weighted by Gasteiger charge is 2.23. The molecule has 0 radical (unpaired) electrons. The van der Waals surface area contributed by atoms with Gasteiger partial charge in [0.2, 0.25) is 5.91 Å². The fourth-order valence-electron chi connectivity index (χ4n) is 1.32. The highest BCUT2D eigenvalue weighted by molar-refractivity contribution is 7.99. The van der Waals surface area contributed by atoms with Crippen LogP contribution in [0.25, 0.3) is 0 Å². The van der Waals surface area contributed by atoms with Gasteiger partial charge in [-0.25, -0.2) is 9.59 Å². The Kier molecular flexibility index (Phi) is 8.84. The number of rotatable bonds is 8. The minimum atomic E-state index is -1.13. The first-order chi connectivity index (χ1) is 9.65. The molecule has 1 atom stereocenters. The SMILES string of the molecule is CCNC(=O)CSCCC(NC(=O)OC(C)(C)C)C(=O)O. The van der Waals surface area contributed by atoms with E-state index < -0.39 is 23.7 Å². The standard InChI is InChI=1S/C13H24N2O5S/c1-5-14-10(16)8-21-7-6-9(11(17)18)15-12(19)20-13(2,3)4/h9H,5-8H2,1-4H3,(H,14,16)(H,15,19)(H,17,18). The Hall–Kier alpha value is -1.44. The quantitative estimate of drug-likeness (QED) is 0.581. The van der Waals surface area contributed by atoms with Crippen molar-refractivity contribution in [1.29, 1.82) is 0 Å². The fourth-order valence-corrected chi connectivity index (χ4v) is 2.16. The van der Waals surface area contributed by atoms with Crippen LogP contribution < -0.4 is 10.6 Å². The molecule has 0 aliphatic carbocycles. The lowest BCUT2D eigenvalue weighted by Crippen LogP contribution is -2.43. The summed E-state index contributed by atoms with van der Waals surface area (Å²) in [5.74, 6) is -0.495. The molecule has 0 aromatic heterocycles. The number of nitrogens with one attached hydrogen (secondary N) is 2. The average Bonchev–Trinajstić information content (AvgIpc) is 2.30. The van der Waals surface area contributed by atoms with Crippen molar-refractivity contribution < 1.29 is 24.2 Å². The van der Waals surface area contributed by atoms with Crippen LogP contribution in [-0.2, 0) is 14.3 Å². The molecule has 1 unspecified atom stereocenters. The van der Waals surface area contributed by atoms with Gasteiger partial charge in [0.25, 0.3) is 0 Å². The number of ether oxygens (including phenoxy) is 1. The van der Waals surface area contributed by atoms with Gasteiger partial charge in [-0.2, -0.15) is 11.8 Å². The van der Waals surface area contributed by atoms with Crippen LogP contribution in [0.2, 0.25) is 0 Å². The van der Waals surface area contributed by atoms with Gasteiger partial charge in [0.1, 0.15) is 11.6 Å². The van der Waals surface area contributed by atoms with E-state index >= 15 is 0 Å². The van der Waals surface area contributed by atoms with Crippen LogP contribution >= 0.6 is 11.8 Å². The highest BCUT2D eigenvalue weighted by atomic mass is 32.2. The molecule has 7 nitrogen and oxygen atoms in total. The Morgan fingerprint density at radius 1 is 1.29 bits per heavy atom. The van der Waals surface area contributed by atoms with Crippen LogP contribution in [0.3, 0.4) is 0 Å². The van der Waals surface area contributed by atoms with Crippen LogP contribution in [0.1, 0.15) is 34.1 Å². The topological polar surface area (TPSA) is 105 Å². The summed E-state index contributed by atoms with van der Waals surface area (Å²) in [6, 6.07) is -1.03. The van der Waals surface area contributed by atoms with E-state index in [0.29, 0.717) is 12.3 Å². The molecule has 0 aromatic carbocycles. The lowest BCUT2D eigenvalue weighted by atomic mass is 10.2. The van der Waals surface area contributed by atoms with Crippen molar-refractivity contribution in [2.24, 2.45) is 0 Å². The summed E-state index contributed by atoms with van der Waals surface area (Å²) in [6.45, 7) is 7.49. The fraction of sp³-hybridized carbons (Fsp3) is 0.769. The zero-order valence-corrected chi connectivity index (χ0v) is 13.7. The van der Waals surface area contributed by atoms with Crippen LogP contribution in [0.5, 0.6) is 0 Å². The zero-order valence-electron chi connectivity index (χ0n) is 12.9. The predicted molar refractivity (Wildman–Crippen MR) is 81.4 cm³/mol. The number of alkyl carbamates (subject to hydrolysis) is 1. The molecule has 0 aliphatic heterocycles. The van der Waals surface area contributed by atoms with Crippen LogP contribution in [-0.4, -0.2) is 52.8 Å². The average molecular weight is 320 g/mol. The molecule has 21 heavy (non-hydrogen) atoms. The second-order valence-electron chi connectivity index (χ2n) is 5.33. The lowest BCUT2D eigenvalue weighted by molar-refractivity contribution is -0.139. The molecule has 0 rings (SSSR count). The van der Waals surface area contributed by atoms with E-state index in [1.54, 1.807) is 20.8 Å². The Labute approximate surface area is 129 Å².